The monoisotopic (exact) mass is 228 g/mol. The van der Waals surface area contributed by atoms with E-state index in [4.69, 9.17) is 10.5 Å². The number of piperidine rings is 1. The van der Waals surface area contributed by atoms with Gasteiger partial charge >= 0.3 is 0 Å². The normalized spacial score (nSPS) is 28.2. The first-order valence-corrected chi connectivity index (χ1v) is 6.04. The van der Waals surface area contributed by atoms with Crippen molar-refractivity contribution < 1.29 is 9.53 Å². The molecule has 0 radical (unpaired) electrons. The second-order valence-electron chi connectivity index (χ2n) is 5.09. The van der Waals surface area contributed by atoms with Gasteiger partial charge in [-0.2, -0.15) is 0 Å². The molecule has 16 heavy (non-hydrogen) atoms. The summed E-state index contributed by atoms with van der Waals surface area (Å²) in [5.74, 6) is 0.765. The van der Waals surface area contributed by atoms with E-state index in [0.29, 0.717) is 12.5 Å². The van der Waals surface area contributed by atoms with Gasteiger partial charge in [0.05, 0.1) is 12.1 Å². The van der Waals surface area contributed by atoms with E-state index >= 15 is 0 Å². The van der Waals surface area contributed by atoms with Crippen LogP contribution in [-0.4, -0.2) is 43.2 Å². The molecule has 1 fully saturated rings. The molecule has 3 atom stereocenters. The van der Waals surface area contributed by atoms with Crippen LogP contribution in [0, 0.1) is 11.8 Å². The van der Waals surface area contributed by atoms with Crippen LogP contribution < -0.4 is 5.73 Å². The van der Waals surface area contributed by atoms with Crippen molar-refractivity contribution in [2.45, 2.75) is 39.3 Å². The van der Waals surface area contributed by atoms with Crippen molar-refractivity contribution >= 4 is 5.91 Å². The number of carbonyl (C=O) groups excluding carboxylic acids is 1. The molecule has 1 rings (SSSR count). The first kappa shape index (κ1) is 13.5. The van der Waals surface area contributed by atoms with Crippen LogP contribution in [0.25, 0.3) is 0 Å². The lowest BCUT2D eigenvalue weighted by atomic mass is 9.94. The highest BCUT2D eigenvalue weighted by Crippen LogP contribution is 2.20. The van der Waals surface area contributed by atoms with Gasteiger partial charge in [-0.25, -0.2) is 0 Å². The predicted octanol–water partition coefficient (Wildman–Crippen LogP) is 0.853. The average molecular weight is 228 g/mol. The Labute approximate surface area is 98.1 Å². The van der Waals surface area contributed by atoms with Crippen LogP contribution in [0.1, 0.15) is 27.2 Å². The number of methoxy groups -OCH3 is 1. The second kappa shape index (κ2) is 5.64. The maximum absolute atomic E-state index is 12.1. The van der Waals surface area contributed by atoms with Gasteiger partial charge < -0.3 is 15.4 Å². The second-order valence-corrected chi connectivity index (χ2v) is 5.09. The summed E-state index contributed by atoms with van der Waals surface area (Å²) in [6, 6.07) is -0.383. The Balaban J connectivity index is 2.58. The van der Waals surface area contributed by atoms with E-state index in [2.05, 4.69) is 6.92 Å². The molecule has 0 spiro atoms. The Kier molecular flexibility index (Phi) is 4.74. The highest BCUT2D eigenvalue weighted by atomic mass is 16.5. The van der Waals surface area contributed by atoms with Crippen molar-refractivity contribution in [1.29, 1.82) is 0 Å². The highest BCUT2D eigenvalue weighted by Gasteiger charge is 2.31. The highest BCUT2D eigenvalue weighted by molar-refractivity contribution is 5.82. The van der Waals surface area contributed by atoms with Gasteiger partial charge in [0, 0.05) is 20.2 Å². The zero-order chi connectivity index (χ0) is 12.3. The summed E-state index contributed by atoms with van der Waals surface area (Å²) in [4.78, 5) is 13.9. The van der Waals surface area contributed by atoms with Crippen LogP contribution in [0.2, 0.25) is 0 Å². The largest absolute Gasteiger partial charge is 0.379 e. The molecular weight excluding hydrogens is 204 g/mol. The van der Waals surface area contributed by atoms with Gasteiger partial charge in [0.15, 0.2) is 0 Å². The van der Waals surface area contributed by atoms with Crippen LogP contribution >= 0.6 is 0 Å². The lowest BCUT2D eigenvalue weighted by Crippen LogP contribution is -2.53. The van der Waals surface area contributed by atoms with Gasteiger partial charge in [-0.1, -0.05) is 20.8 Å². The molecule has 1 saturated heterocycles. The molecule has 4 heteroatoms. The molecule has 0 aromatic carbocycles. The molecule has 1 aliphatic rings. The van der Waals surface area contributed by atoms with Gasteiger partial charge in [-0.3, -0.25) is 4.79 Å². The number of hydrogen-bond donors (Lipinski definition) is 1. The Morgan fingerprint density at radius 3 is 2.62 bits per heavy atom. The number of nitrogens with zero attached hydrogens (tertiary/aromatic N) is 1. The lowest BCUT2D eigenvalue weighted by Gasteiger charge is -2.37. The number of rotatable bonds is 3. The SMILES string of the molecule is COC1CN(C(=O)[C@H](N)C(C)C)CCC1C. The molecule has 0 bridgehead atoms. The third-order valence-corrected chi connectivity index (χ3v) is 3.51. The minimum atomic E-state index is -0.383. The Hall–Kier alpha value is -0.610. The molecule has 94 valence electrons. The molecular formula is C12H24N2O2. The van der Waals surface area contributed by atoms with Crippen LogP contribution in [0.4, 0.5) is 0 Å². The first-order chi connectivity index (χ1) is 7.47. The number of hydrogen-bond acceptors (Lipinski definition) is 3. The zero-order valence-electron chi connectivity index (χ0n) is 10.8. The van der Waals surface area contributed by atoms with Gasteiger partial charge in [-0.05, 0) is 18.3 Å². The number of ether oxygens (including phenoxy) is 1. The molecule has 0 saturated carbocycles. The molecule has 2 unspecified atom stereocenters. The molecule has 0 aromatic heterocycles. The summed E-state index contributed by atoms with van der Waals surface area (Å²) in [7, 11) is 1.71. The molecule has 1 heterocycles. The lowest BCUT2D eigenvalue weighted by molar-refractivity contribution is -0.138. The third-order valence-electron chi connectivity index (χ3n) is 3.51. The Morgan fingerprint density at radius 2 is 2.12 bits per heavy atom. The minimum absolute atomic E-state index is 0.0592. The minimum Gasteiger partial charge on any atom is -0.379 e. The van der Waals surface area contributed by atoms with Crippen LogP contribution in [-0.2, 0) is 9.53 Å². The molecule has 0 aliphatic carbocycles. The number of amides is 1. The maximum Gasteiger partial charge on any atom is 0.239 e. The van der Waals surface area contributed by atoms with Crippen molar-refractivity contribution in [1.82, 2.24) is 4.90 Å². The van der Waals surface area contributed by atoms with Gasteiger partial charge in [0.25, 0.3) is 0 Å². The molecule has 0 aromatic rings. The fourth-order valence-electron chi connectivity index (χ4n) is 2.04. The van der Waals surface area contributed by atoms with Gasteiger partial charge in [0.1, 0.15) is 0 Å². The van der Waals surface area contributed by atoms with Crippen molar-refractivity contribution in [3.8, 4) is 0 Å². The molecule has 1 aliphatic heterocycles. The van der Waals surface area contributed by atoms with E-state index in [-0.39, 0.29) is 24.0 Å². The van der Waals surface area contributed by atoms with Crippen molar-refractivity contribution in [3.63, 3.8) is 0 Å². The number of nitrogens with two attached hydrogens (primary N) is 1. The van der Waals surface area contributed by atoms with Gasteiger partial charge in [0.2, 0.25) is 5.91 Å². The maximum atomic E-state index is 12.1. The number of carbonyl (C=O) groups is 1. The van der Waals surface area contributed by atoms with Crippen LogP contribution in [0.3, 0.4) is 0 Å². The summed E-state index contributed by atoms with van der Waals surface area (Å²) in [6.07, 6.45) is 1.15. The number of likely N-dealkylation sites (tertiary alicyclic amines) is 1. The quantitative estimate of drug-likeness (QED) is 0.779. The zero-order valence-corrected chi connectivity index (χ0v) is 10.8. The van der Waals surface area contributed by atoms with Gasteiger partial charge in [-0.15, -0.1) is 0 Å². The standard InChI is InChI=1S/C12H24N2O2/c1-8(2)11(13)12(15)14-6-5-9(3)10(7-14)16-4/h8-11H,5-7,13H2,1-4H3/t9?,10?,11-/m1/s1. The molecule has 2 N–H and O–H groups in total. The first-order valence-electron chi connectivity index (χ1n) is 6.04. The van der Waals surface area contributed by atoms with Crippen LogP contribution in [0.15, 0.2) is 0 Å². The molecule has 4 nitrogen and oxygen atoms in total. The fraction of sp³-hybridized carbons (Fsp3) is 0.917. The van der Waals surface area contributed by atoms with E-state index in [1.807, 2.05) is 18.7 Å². The van der Waals surface area contributed by atoms with E-state index in [0.717, 1.165) is 13.0 Å². The van der Waals surface area contributed by atoms with Crippen molar-refractivity contribution in [2.24, 2.45) is 17.6 Å². The Bertz CT molecular complexity index is 243. The Morgan fingerprint density at radius 1 is 1.50 bits per heavy atom. The van der Waals surface area contributed by atoms with E-state index in [1.54, 1.807) is 7.11 Å². The summed E-state index contributed by atoms with van der Waals surface area (Å²) in [6.45, 7) is 7.60. The predicted molar refractivity (Wildman–Crippen MR) is 64.0 cm³/mol. The summed E-state index contributed by atoms with van der Waals surface area (Å²) in [5, 5.41) is 0. The summed E-state index contributed by atoms with van der Waals surface area (Å²) < 4.78 is 5.39. The van der Waals surface area contributed by atoms with E-state index < -0.39 is 0 Å². The fourth-order valence-corrected chi connectivity index (χ4v) is 2.04. The van der Waals surface area contributed by atoms with Crippen molar-refractivity contribution in [3.05, 3.63) is 0 Å². The smallest absolute Gasteiger partial charge is 0.239 e. The summed E-state index contributed by atoms with van der Waals surface area (Å²) in [5.41, 5.74) is 5.88. The molecule has 1 amide bonds. The van der Waals surface area contributed by atoms with E-state index in [1.165, 1.54) is 0 Å². The van der Waals surface area contributed by atoms with Crippen molar-refractivity contribution in [2.75, 3.05) is 20.2 Å². The summed E-state index contributed by atoms with van der Waals surface area (Å²) >= 11 is 0. The van der Waals surface area contributed by atoms with E-state index in [9.17, 15) is 4.79 Å². The topological polar surface area (TPSA) is 55.6 Å². The average Bonchev–Trinajstić information content (AvgIpc) is 2.27. The van der Waals surface area contributed by atoms with Crippen LogP contribution in [0.5, 0.6) is 0 Å². The third kappa shape index (κ3) is 2.95.